The number of anilines is 2. The van der Waals surface area contributed by atoms with E-state index in [2.05, 4.69) is 5.32 Å². The summed E-state index contributed by atoms with van der Waals surface area (Å²) in [6, 6.07) is 8.12. The van der Waals surface area contributed by atoms with E-state index in [0.29, 0.717) is 0 Å². The number of amides is 2. The van der Waals surface area contributed by atoms with E-state index in [0.717, 1.165) is 23.1 Å². The minimum absolute atomic E-state index is 0.0470. The molecule has 0 radical (unpaired) electrons. The van der Waals surface area contributed by atoms with Crippen LogP contribution in [-0.2, 0) is 9.59 Å². The largest absolute Gasteiger partial charge is 0.324 e. The summed E-state index contributed by atoms with van der Waals surface area (Å²) < 4.78 is 39.3. The molecule has 0 unspecified atom stereocenters. The summed E-state index contributed by atoms with van der Waals surface area (Å²) in [5.41, 5.74) is 0.273. The van der Waals surface area contributed by atoms with Gasteiger partial charge in [0.2, 0.25) is 11.8 Å². The monoisotopic (exact) mass is 322 g/mol. The Hall–Kier alpha value is -2.83. The second-order valence-corrected chi connectivity index (χ2v) is 4.76. The molecule has 23 heavy (non-hydrogen) atoms. The van der Waals surface area contributed by atoms with Gasteiger partial charge >= 0.3 is 0 Å². The predicted octanol–water partition coefficient (Wildman–Crippen LogP) is 3.10. The maximum Gasteiger partial charge on any atom is 0.244 e. The lowest BCUT2D eigenvalue weighted by Crippen LogP contribution is -2.36. The number of nitrogens with zero attached hydrogens (tertiary/aromatic N) is 1. The zero-order chi connectivity index (χ0) is 17.0. The molecule has 2 amide bonds. The summed E-state index contributed by atoms with van der Waals surface area (Å²) in [6.07, 6.45) is 0. The standard InChI is InChI=1S/C16H13F3N2O2/c1-10(22)21(13-5-6-14(18)15(19)8-13)9-16(23)20-12-4-2-3-11(17)7-12/h2-8H,9H2,1H3,(H,20,23). The van der Waals surface area contributed by atoms with E-state index in [-0.39, 0.29) is 11.4 Å². The predicted molar refractivity (Wildman–Crippen MR) is 79.4 cm³/mol. The molecule has 0 saturated carbocycles. The summed E-state index contributed by atoms with van der Waals surface area (Å²) in [5, 5.41) is 2.42. The van der Waals surface area contributed by atoms with E-state index in [1.165, 1.54) is 31.2 Å². The minimum Gasteiger partial charge on any atom is -0.324 e. The molecule has 0 aliphatic carbocycles. The molecule has 0 aliphatic heterocycles. The highest BCUT2D eigenvalue weighted by Crippen LogP contribution is 2.18. The fourth-order valence-corrected chi connectivity index (χ4v) is 1.95. The third-order valence-corrected chi connectivity index (χ3v) is 3.01. The molecule has 0 aliphatic rings. The highest BCUT2D eigenvalue weighted by atomic mass is 19.2. The van der Waals surface area contributed by atoms with E-state index in [1.807, 2.05) is 0 Å². The van der Waals surface area contributed by atoms with Gasteiger partial charge in [0.15, 0.2) is 11.6 Å². The third kappa shape index (κ3) is 4.32. The SMILES string of the molecule is CC(=O)N(CC(=O)Nc1cccc(F)c1)c1ccc(F)c(F)c1. The average molecular weight is 322 g/mol. The van der Waals surface area contributed by atoms with Crippen molar-refractivity contribution in [3.8, 4) is 0 Å². The van der Waals surface area contributed by atoms with Crippen LogP contribution in [0.4, 0.5) is 24.5 Å². The Bertz CT molecular complexity index is 750. The Kier molecular flexibility index (Phi) is 5.00. The van der Waals surface area contributed by atoms with Gasteiger partial charge in [-0.25, -0.2) is 13.2 Å². The second-order valence-electron chi connectivity index (χ2n) is 4.76. The summed E-state index contributed by atoms with van der Waals surface area (Å²) in [6.45, 7) is 0.771. The average Bonchev–Trinajstić information content (AvgIpc) is 2.47. The number of carbonyl (C=O) groups excluding carboxylic acids is 2. The van der Waals surface area contributed by atoms with Crippen LogP contribution >= 0.6 is 0 Å². The normalized spacial score (nSPS) is 10.3. The van der Waals surface area contributed by atoms with E-state index in [1.54, 1.807) is 0 Å². The number of hydrogen-bond donors (Lipinski definition) is 1. The van der Waals surface area contributed by atoms with Crippen LogP contribution in [0.2, 0.25) is 0 Å². The number of hydrogen-bond acceptors (Lipinski definition) is 2. The lowest BCUT2D eigenvalue weighted by molar-refractivity contribution is -0.120. The maximum atomic E-state index is 13.3. The Balaban J connectivity index is 2.14. The quantitative estimate of drug-likeness (QED) is 0.940. The van der Waals surface area contributed by atoms with Gasteiger partial charge in [-0.1, -0.05) is 6.07 Å². The van der Waals surface area contributed by atoms with Crippen LogP contribution in [0, 0.1) is 17.5 Å². The fourth-order valence-electron chi connectivity index (χ4n) is 1.95. The zero-order valence-electron chi connectivity index (χ0n) is 12.1. The first-order valence-corrected chi connectivity index (χ1v) is 6.65. The van der Waals surface area contributed by atoms with Gasteiger partial charge in [-0.15, -0.1) is 0 Å². The molecule has 0 fully saturated rings. The van der Waals surface area contributed by atoms with Crippen LogP contribution in [0.25, 0.3) is 0 Å². The smallest absolute Gasteiger partial charge is 0.244 e. The minimum atomic E-state index is -1.13. The van der Waals surface area contributed by atoms with Crippen molar-refractivity contribution in [1.29, 1.82) is 0 Å². The lowest BCUT2D eigenvalue weighted by atomic mass is 10.2. The molecule has 1 N–H and O–H groups in total. The van der Waals surface area contributed by atoms with Gasteiger partial charge < -0.3 is 10.2 Å². The van der Waals surface area contributed by atoms with Crippen LogP contribution in [0.5, 0.6) is 0 Å². The molecule has 0 atom stereocenters. The number of nitrogens with one attached hydrogen (secondary N) is 1. The molecule has 0 aromatic heterocycles. The van der Waals surface area contributed by atoms with Crippen LogP contribution < -0.4 is 10.2 Å². The maximum absolute atomic E-state index is 13.3. The Morgan fingerprint density at radius 2 is 1.78 bits per heavy atom. The van der Waals surface area contributed by atoms with Crippen molar-refractivity contribution in [2.24, 2.45) is 0 Å². The molecule has 0 bridgehead atoms. The zero-order valence-corrected chi connectivity index (χ0v) is 12.1. The van der Waals surface area contributed by atoms with Gasteiger partial charge in [0.05, 0.1) is 0 Å². The summed E-state index contributed by atoms with van der Waals surface area (Å²) in [7, 11) is 0. The fraction of sp³-hybridized carbons (Fsp3) is 0.125. The number of benzene rings is 2. The van der Waals surface area contributed by atoms with Gasteiger partial charge in [-0.2, -0.15) is 0 Å². The molecule has 120 valence electrons. The van der Waals surface area contributed by atoms with Crippen LogP contribution in [-0.4, -0.2) is 18.4 Å². The van der Waals surface area contributed by atoms with Gasteiger partial charge in [-0.05, 0) is 30.3 Å². The summed E-state index contributed by atoms with van der Waals surface area (Å²) >= 11 is 0. The third-order valence-electron chi connectivity index (χ3n) is 3.01. The van der Waals surface area contributed by atoms with Crippen molar-refractivity contribution in [3.05, 3.63) is 59.9 Å². The molecule has 0 saturated heterocycles. The van der Waals surface area contributed by atoms with E-state index in [4.69, 9.17) is 0 Å². The molecular formula is C16H13F3N2O2. The highest BCUT2D eigenvalue weighted by Gasteiger charge is 2.17. The Morgan fingerprint density at radius 1 is 1.04 bits per heavy atom. The first kappa shape index (κ1) is 16.5. The first-order valence-electron chi connectivity index (χ1n) is 6.65. The van der Waals surface area contributed by atoms with Crippen LogP contribution in [0.3, 0.4) is 0 Å². The molecule has 2 rings (SSSR count). The number of rotatable bonds is 4. The van der Waals surface area contributed by atoms with Crippen molar-refractivity contribution < 1.29 is 22.8 Å². The van der Waals surface area contributed by atoms with E-state index < -0.39 is 35.8 Å². The summed E-state index contributed by atoms with van der Waals surface area (Å²) in [5.74, 6) is -3.83. The van der Waals surface area contributed by atoms with E-state index >= 15 is 0 Å². The van der Waals surface area contributed by atoms with Crippen molar-refractivity contribution in [3.63, 3.8) is 0 Å². The van der Waals surface area contributed by atoms with Crippen molar-refractivity contribution in [2.45, 2.75) is 6.92 Å². The number of halogens is 3. The van der Waals surface area contributed by atoms with Crippen LogP contribution in [0.15, 0.2) is 42.5 Å². The van der Waals surface area contributed by atoms with Gasteiger partial charge in [0.25, 0.3) is 0 Å². The lowest BCUT2D eigenvalue weighted by Gasteiger charge is -2.20. The molecule has 4 nitrogen and oxygen atoms in total. The number of carbonyl (C=O) groups is 2. The molecule has 2 aromatic carbocycles. The highest BCUT2D eigenvalue weighted by molar-refractivity contribution is 6.01. The van der Waals surface area contributed by atoms with Crippen molar-refractivity contribution in [2.75, 3.05) is 16.8 Å². The molecule has 0 spiro atoms. The Morgan fingerprint density at radius 3 is 2.39 bits per heavy atom. The van der Waals surface area contributed by atoms with Crippen molar-refractivity contribution >= 4 is 23.2 Å². The van der Waals surface area contributed by atoms with E-state index in [9.17, 15) is 22.8 Å². The first-order chi connectivity index (χ1) is 10.9. The topological polar surface area (TPSA) is 49.4 Å². The van der Waals surface area contributed by atoms with Crippen molar-refractivity contribution in [1.82, 2.24) is 0 Å². The second kappa shape index (κ2) is 6.95. The summed E-state index contributed by atoms with van der Waals surface area (Å²) in [4.78, 5) is 24.6. The van der Waals surface area contributed by atoms with Crippen LogP contribution in [0.1, 0.15) is 6.92 Å². The molecular weight excluding hydrogens is 309 g/mol. The Labute approximate surface area is 130 Å². The molecule has 7 heteroatoms. The molecule has 2 aromatic rings. The van der Waals surface area contributed by atoms with Gasteiger partial charge in [0.1, 0.15) is 12.4 Å². The van der Waals surface area contributed by atoms with Gasteiger partial charge in [-0.3, -0.25) is 9.59 Å². The van der Waals surface area contributed by atoms with Gasteiger partial charge in [0, 0.05) is 24.4 Å². The molecule has 0 heterocycles.